The Morgan fingerprint density at radius 3 is 1.63 bits per heavy atom. The lowest BCUT2D eigenvalue weighted by Gasteiger charge is -2.43. The predicted octanol–water partition coefficient (Wildman–Crippen LogP) is 15.4. The third-order valence-corrected chi connectivity index (χ3v) is 11.6. The fourth-order valence-corrected chi connectivity index (χ4v) is 8.77. The van der Waals surface area contributed by atoms with Gasteiger partial charge in [-0.25, -0.2) is 0 Å². The molecule has 2 heteroatoms. The maximum Gasteiger partial charge on any atom is 0.0618 e. The van der Waals surface area contributed by atoms with E-state index in [1.165, 1.54) is 72.3 Å². The van der Waals surface area contributed by atoms with Crippen molar-refractivity contribution in [3.63, 3.8) is 0 Å². The van der Waals surface area contributed by atoms with Gasteiger partial charge in [-0.2, -0.15) is 0 Å². The standard InChI is InChI=1S/C55H42N2/c1-55(2)50-27-14-15-28-52(50)57(53-38-44(34-36-51(53)55)39-17-6-3-7-18-39)54-48-26-13-12-19-41(48)33-35-49(54)42-31-29-40(30-32-42)43-20-16-25-47(37-43)56(45-21-8-4-9-22-45)46-23-10-5-11-24-46/h3-38H,1-2H3. The molecule has 1 aliphatic rings. The van der Waals surface area contributed by atoms with Gasteiger partial charge in [-0.05, 0) is 92.9 Å². The largest absolute Gasteiger partial charge is 0.310 e. The Morgan fingerprint density at radius 1 is 0.368 bits per heavy atom. The van der Waals surface area contributed by atoms with E-state index >= 15 is 0 Å². The normalized spacial score (nSPS) is 12.8. The van der Waals surface area contributed by atoms with E-state index in [2.05, 4.69) is 242 Å². The van der Waals surface area contributed by atoms with Gasteiger partial charge in [-0.1, -0.05) is 184 Å². The lowest BCUT2D eigenvalue weighted by atomic mass is 9.73. The summed E-state index contributed by atoms with van der Waals surface area (Å²) in [5, 5.41) is 2.44. The molecule has 0 N–H and O–H groups in total. The van der Waals surface area contributed by atoms with Crippen molar-refractivity contribution in [2.75, 3.05) is 9.80 Å². The van der Waals surface area contributed by atoms with Crippen molar-refractivity contribution in [1.29, 1.82) is 0 Å². The molecular weight excluding hydrogens is 689 g/mol. The van der Waals surface area contributed by atoms with Gasteiger partial charge in [0.2, 0.25) is 0 Å². The summed E-state index contributed by atoms with van der Waals surface area (Å²) < 4.78 is 0. The molecule has 0 aromatic heterocycles. The topological polar surface area (TPSA) is 6.48 Å². The van der Waals surface area contributed by atoms with Crippen LogP contribution in [-0.4, -0.2) is 0 Å². The first-order valence-electron chi connectivity index (χ1n) is 19.8. The van der Waals surface area contributed by atoms with Gasteiger partial charge in [-0.3, -0.25) is 0 Å². The first kappa shape index (κ1) is 34.3. The molecule has 10 rings (SSSR count). The zero-order valence-electron chi connectivity index (χ0n) is 32.2. The van der Waals surface area contributed by atoms with Gasteiger partial charge in [0.05, 0.1) is 17.1 Å². The minimum Gasteiger partial charge on any atom is -0.310 e. The number of hydrogen-bond acceptors (Lipinski definition) is 2. The fraction of sp³-hybridized carbons (Fsp3) is 0.0545. The third-order valence-electron chi connectivity index (χ3n) is 11.6. The van der Waals surface area contributed by atoms with E-state index in [0.29, 0.717) is 0 Å². The maximum absolute atomic E-state index is 2.54. The Kier molecular flexibility index (Phi) is 8.53. The molecule has 2 nitrogen and oxygen atoms in total. The van der Waals surface area contributed by atoms with Crippen molar-refractivity contribution in [2.45, 2.75) is 19.3 Å². The predicted molar refractivity (Wildman–Crippen MR) is 242 cm³/mol. The van der Waals surface area contributed by atoms with E-state index in [0.717, 1.165) is 17.1 Å². The highest BCUT2D eigenvalue weighted by molar-refractivity contribution is 6.08. The Bertz CT molecular complexity index is 2820. The van der Waals surface area contributed by atoms with Crippen molar-refractivity contribution in [2.24, 2.45) is 0 Å². The smallest absolute Gasteiger partial charge is 0.0618 e. The van der Waals surface area contributed by atoms with E-state index in [1.807, 2.05) is 0 Å². The van der Waals surface area contributed by atoms with Crippen molar-refractivity contribution in [3.8, 4) is 33.4 Å². The van der Waals surface area contributed by atoms with Crippen molar-refractivity contribution >= 4 is 44.9 Å². The SMILES string of the molecule is CC1(C)c2ccccc2N(c2c(-c3ccc(-c4cccc(N(c5ccccc5)c5ccccc5)c4)cc3)ccc3ccccc23)c2cc(-c3ccccc3)ccc21. The Hall–Kier alpha value is -7.16. The van der Waals surface area contributed by atoms with E-state index in [4.69, 9.17) is 0 Å². The summed E-state index contributed by atoms with van der Waals surface area (Å²) in [6.45, 7) is 4.72. The van der Waals surface area contributed by atoms with Gasteiger partial charge in [0.25, 0.3) is 0 Å². The summed E-state index contributed by atoms with van der Waals surface area (Å²) in [4.78, 5) is 4.86. The second kappa shape index (κ2) is 14.2. The second-order valence-corrected chi connectivity index (χ2v) is 15.4. The van der Waals surface area contributed by atoms with E-state index in [1.54, 1.807) is 0 Å². The van der Waals surface area contributed by atoms with E-state index < -0.39 is 0 Å². The monoisotopic (exact) mass is 730 g/mol. The highest BCUT2D eigenvalue weighted by Crippen LogP contribution is 2.55. The minimum atomic E-state index is -0.185. The molecule has 0 atom stereocenters. The second-order valence-electron chi connectivity index (χ2n) is 15.4. The molecule has 1 heterocycles. The number of nitrogens with zero attached hydrogens (tertiary/aromatic N) is 2. The lowest BCUT2D eigenvalue weighted by molar-refractivity contribution is 0.632. The molecule has 0 fully saturated rings. The molecule has 57 heavy (non-hydrogen) atoms. The van der Waals surface area contributed by atoms with Crippen LogP contribution in [0, 0.1) is 0 Å². The number of benzene rings is 9. The molecule has 0 amide bonds. The fourth-order valence-electron chi connectivity index (χ4n) is 8.77. The Balaban J connectivity index is 1.12. The quantitative estimate of drug-likeness (QED) is 0.161. The number of hydrogen-bond donors (Lipinski definition) is 0. The Morgan fingerprint density at radius 2 is 0.895 bits per heavy atom. The van der Waals surface area contributed by atoms with Gasteiger partial charge in [-0.15, -0.1) is 0 Å². The van der Waals surface area contributed by atoms with Crippen LogP contribution in [0.4, 0.5) is 34.1 Å². The van der Waals surface area contributed by atoms with E-state index in [9.17, 15) is 0 Å². The molecule has 0 saturated carbocycles. The van der Waals surface area contributed by atoms with Crippen LogP contribution in [0.25, 0.3) is 44.2 Å². The zero-order chi connectivity index (χ0) is 38.3. The molecule has 272 valence electrons. The molecular formula is C55H42N2. The molecule has 0 spiro atoms. The minimum absolute atomic E-state index is 0.185. The van der Waals surface area contributed by atoms with Crippen LogP contribution in [0.15, 0.2) is 218 Å². The van der Waals surface area contributed by atoms with Crippen LogP contribution in [-0.2, 0) is 5.41 Å². The highest BCUT2D eigenvalue weighted by atomic mass is 15.2. The maximum atomic E-state index is 2.54. The molecule has 0 bridgehead atoms. The summed E-state index contributed by atoms with van der Waals surface area (Å²) in [6, 6.07) is 79.3. The molecule has 0 aliphatic carbocycles. The van der Waals surface area contributed by atoms with Crippen LogP contribution >= 0.6 is 0 Å². The van der Waals surface area contributed by atoms with Gasteiger partial charge < -0.3 is 9.80 Å². The Labute approximate surface area is 335 Å². The van der Waals surface area contributed by atoms with Crippen LogP contribution in [0.2, 0.25) is 0 Å². The third kappa shape index (κ3) is 6.07. The number of fused-ring (bicyclic) bond motifs is 3. The highest BCUT2D eigenvalue weighted by Gasteiger charge is 2.38. The van der Waals surface area contributed by atoms with Crippen LogP contribution in [0.3, 0.4) is 0 Å². The molecule has 0 saturated heterocycles. The first-order chi connectivity index (χ1) is 28.0. The number of para-hydroxylation sites is 3. The van der Waals surface area contributed by atoms with Gasteiger partial charge in [0, 0.05) is 33.4 Å². The van der Waals surface area contributed by atoms with Crippen molar-refractivity contribution in [3.05, 3.63) is 230 Å². The summed E-state index contributed by atoms with van der Waals surface area (Å²) in [6.07, 6.45) is 0. The molecule has 9 aromatic carbocycles. The number of anilines is 6. The molecule has 0 radical (unpaired) electrons. The lowest BCUT2D eigenvalue weighted by Crippen LogP contribution is -2.31. The van der Waals surface area contributed by atoms with Crippen LogP contribution in [0.1, 0.15) is 25.0 Å². The van der Waals surface area contributed by atoms with Gasteiger partial charge >= 0.3 is 0 Å². The summed E-state index contributed by atoms with van der Waals surface area (Å²) >= 11 is 0. The van der Waals surface area contributed by atoms with E-state index in [-0.39, 0.29) is 5.41 Å². The molecule has 1 aliphatic heterocycles. The average molecular weight is 731 g/mol. The first-order valence-corrected chi connectivity index (χ1v) is 19.8. The van der Waals surface area contributed by atoms with Crippen LogP contribution < -0.4 is 9.80 Å². The summed E-state index contributed by atoms with van der Waals surface area (Å²) in [5.41, 5.74) is 16.6. The summed E-state index contributed by atoms with van der Waals surface area (Å²) in [7, 11) is 0. The van der Waals surface area contributed by atoms with Crippen molar-refractivity contribution < 1.29 is 0 Å². The average Bonchev–Trinajstić information content (AvgIpc) is 3.28. The van der Waals surface area contributed by atoms with Gasteiger partial charge in [0.1, 0.15) is 0 Å². The number of rotatable bonds is 7. The van der Waals surface area contributed by atoms with Gasteiger partial charge in [0.15, 0.2) is 0 Å². The summed E-state index contributed by atoms with van der Waals surface area (Å²) in [5.74, 6) is 0. The molecule has 0 unspecified atom stereocenters. The zero-order valence-corrected chi connectivity index (χ0v) is 32.2. The molecule has 9 aromatic rings. The van der Waals surface area contributed by atoms with Crippen LogP contribution in [0.5, 0.6) is 0 Å². The van der Waals surface area contributed by atoms with Crippen molar-refractivity contribution in [1.82, 2.24) is 0 Å².